The van der Waals surface area contributed by atoms with E-state index in [1.165, 1.54) is 30.3 Å². The summed E-state index contributed by atoms with van der Waals surface area (Å²) in [6.45, 7) is 4.00. The number of benzene rings is 1. The zero-order valence-corrected chi connectivity index (χ0v) is 16.9. The first kappa shape index (κ1) is 23.8. The van der Waals surface area contributed by atoms with Gasteiger partial charge in [0.15, 0.2) is 0 Å². The summed E-state index contributed by atoms with van der Waals surface area (Å²) in [4.78, 5) is 11.8. The number of allylic oxidation sites excluding steroid dienone is 5. The highest BCUT2D eigenvalue weighted by Crippen LogP contribution is 2.32. The lowest BCUT2D eigenvalue weighted by molar-refractivity contribution is -0.0882. The van der Waals surface area contributed by atoms with Crippen LogP contribution in [-0.2, 0) is 10.0 Å². The zero-order chi connectivity index (χ0) is 21.5. The summed E-state index contributed by atoms with van der Waals surface area (Å²) < 4.78 is 67.9. The number of halogens is 4. The van der Waals surface area contributed by atoms with Crippen LogP contribution in [-0.4, -0.2) is 26.8 Å². The molecule has 2 rings (SSSR count). The van der Waals surface area contributed by atoms with E-state index >= 15 is 0 Å². The Hall–Kier alpha value is -2.26. The molecule has 0 saturated carbocycles. The van der Waals surface area contributed by atoms with Crippen LogP contribution in [0.3, 0.4) is 0 Å². The van der Waals surface area contributed by atoms with Crippen molar-refractivity contribution in [1.82, 2.24) is 4.72 Å². The second-order valence-corrected chi connectivity index (χ2v) is 7.46. The lowest BCUT2D eigenvalue weighted by Gasteiger charge is -2.11. The fraction of sp³-hybridized carbons (Fsp3) is 0.278. The third-order valence-electron chi connectivity index (χ3n) is 3.09. The predicted octanol–water partition coefficient (Wildman–Crippen LogP) is 4.68. The number of rotatable bonds is 4. The molecule has 1 aromatic carbocycles. The molecule has 28 heavy (non-hydrogen) atoms. The van der Waals surface area contributed by atoms with Crippen LogP contribution in [0.4, 0.5) is 13.2 Å². The van der Waals surface area contributed by atoms with E-state index in [0.717, 1.165) is 18.4 Å². The predicted molar refractivity (Wildman–Crippen MR) is 102 cm³/mol. The van der Waals surface area contributed by atoms with Gasteiger partial charge in [0, 0.05) is 12.0 Å². The summed E-state index contributed by atoms with van der Waals surface area (Å²) in [6.07, 6.45) is -0.803. The first-order valence-corrected chi connectivity index (χ1v) is 10.4. The van der Waals surface area contributed by atoms with Crippen molar-refractivity contribution in [1.29, 1.82) is 0 Å². The quantitative estimate of drug-likeness (QED) is 0.742. The molecule has 0 aromatic heterocycles. The maximum atomic E-state index is 12.8. The Kier molecular flexibility index (Phi) is 8.31. The number of carbonyl (C=O) groups is 1. The highest BCUT2D eigenvalue weighted by Gasteiger charge is 2.32. The molecule has 1 amide bonds. The van der Waals surface area contributed by atoms with Gasteiger partial charge in [0.25, 0.3) is 5.91 Å². The van der Waals surface area contributed by atoms with Crippen LogP contribution in [0.5, 0.6) is 5.75 Å². The van der Waals surface area contributed by atoms with Gasteiger partial charge in [-0.25, -0.2) is 13.1 Å². The number of nitrogens with one attached hydrogen (secondary N) is 1. The lowest BCUT2D eigenvalue weighted by Crippen LogP contribution is -2.29. The number of carbonyl (C=O) groups excluding carboxylic acids is 1. The molecule has 0 atom stereocenters. The van der Waals surface area contributed by atoms with Crippen LogP contribution >= 0.6 is 11.6 Å². The van der Waals surface area contributed by atoms with Crippen LogP contribution in [0.25, 0.3) is 0 Å². The number of sulfonamides is 1. The third-order valence-corrected chi connectivity index (χ3v) is 3.97. The summed E-state index contributed by atoms with van der Waals surface area (Å²) >= 11 is 5.91. The third kappa shape index (κ3) is 7.40. The molecule has 0 saturated heterocycles. The zero-order valence-electron chi connectivity index (χ0n) is 15.3. The lowest BCUT2D eigenvalue weighted by atomic mass is 10.2. The number of hydrogen-bond acceptors (Lipinski definition) is 4. The van der Waals surface area contributed by atoms with E-state index in [1.54, 1.807) is 4.72 Å². The Morgan fingerprint density at radius 1 is 1.25 bits per heavy atom. The Bertz CT molecular complexity index is 919. The molecule has 0 aliphatic heterocycles. The Labute approximate surface area is 166 Å². The van der Waals surface area contributed by atoms with Crippen molar-refractivity contribution in [2.24, 2.45) is 0 Å². The maximum Gasteiger partial charge on any atom is 0.416 e. The van der Waals surface area contributed by atoms with Crippen LogP contribution < -0.4 is 9.46 Å². The van der Waals surface area contributed by atoms with Gasteiger partial charge in [0.05, 0.1) is 16.9 Å². The van der Waals surface area contributed by atoms with Crippen LogP contribution in [0.1, 0.15) is 30.6 Å². The fourth-order valence-corrected chi connectivity index (χ4v) is 2.68. The first-order valence-electron chi connectivity index (χ1n) is 8.10. The van der Waals surface area contributed by atoms with Gasteiger partial charge in [-0.1, -0.05) is 43.7 Å². The van der Waals surface area contributed by atoms with Gasteiger partial charge in [-0.15, -0.1) is 0 Å². The molecule has 5 nitrogen and oxygen atoms in total. The molecule has 0 heterocycles. The SMILES string of the molecule is CC.CS(=O)(=O)NC(=O)c1cccc(OC2=C(Cl)C=C(C(F)(F)F)C=CC2)c1. The van der Waals surface area contributed by atoms with Gasteiger partial charge in [0.1, 0.15) is 11.5 Å². The normalized spacial score (nSPS) is 14.5. The van der Waals surface area contributed by atoms with Gasteiger partial charge in [-0.05, 0) is 24.3 Å². The summed E-state index contributed by atoms with van der Waals surface area (Å²) in [5.74, 6) is -0.683. The first-order chi connectivity index (χ1) is 13.0. The van der Waals surface area contributed by atoms with Crippen molar-refractivity contribution < 1.29 is 31.1 Å². The van der Waals surface area contributed by atoms with Crippen LogP contribution in [0.2, 0.25) is 0 Å². The molecule has 10 heteroatoms. The smallest absolute Gasteiger partial charge is 0.416 e. The Morgan fingerprint density at radius 2 is 1.89 bits per heavy atom. The minimum absolute atomic E-state index is 0.000309. The minimum atomic E-state index is -4.55. The minimum Gasteiger partial charge on any atom is -0.460 e. The Balaban J connectivity index is 0.00000190. The van der Waals surface area contributed by atoms with E-state index < -0.39 is 27.7 Å². The monoisotopic (exact) mass is 437 g/mol. The maximum absolute atomic E-state index is 12.8. The largest absolute Gasteiger partial charge is 0.460 e. The molecular formula is C18H19ClF3NO4S. The molecule has 0 unspecified atom stereocenters. The molecule has 1 aliphatic carbocycles. The van der Waals surface area contributed by atoms with Gasteiger partial charge >= 0.3 is 6.18 Å². The summed E-state index contributed by atoms with van der Waals surface area (Å²) in [7, 11) is -3.74. The Morgan fingerprint density at radius 3 is 2.46 bits per heavy atom. The van der Waals surface area contributed by atoms with Gasteiger partial charge < -0.3 is 4.74 Å². The number of ether oxygens (including phenoxy) is 1. The van der Waals surface area contributed by atoms with E-state index in [2.05, 4.69) is 0 Å². The molecule has 1 N–H and O–H groups in total. The molecule has 1 aromatic rings. The molecule has 0 spiro atoms. The van der Waals surface area contributed by atoms with Gasteiger partial charge in [0.2, 0.25) is 10.0 Å². The topological polar surface area (TPSA) is 72.5 Å². The van der Waals surface area contributed by atoms with Crippen molar-refractivity contribution in [2.75, 3.05) is 6.26 Å². The number of hydrogen-bond donors (Lipinski definition) is 1. The van der Waals surface area contributed by atoms with Crippen LogP contribution in [0.15, 0.2) is 58.9 Å². The van der Waals surface area contributed by atoms with Gasteiger partial charge in [-0.2, -0.15) is 13.2 Å². The number of alkyl halides is 3. The molecule has 1 aliphatic rings. The van der Waals surface area contributed by atoms with Crippen molar-refractivity contribution in [3.63, 3.8) is 0 Å². The van der Waals surface area contributed by atoms with Crippen LogP contribution in [0, 0.1) is 0 Å². The fourth-order valence-electron chi connectivity index (χ4n) is 1.99. The van der Waals surface area contributed by atoms with Crippen molar-refractivity contribution in [3.05, 3.63) is 64.4 Å². The summed E-state index contributed by atoms with van der Waals surface area (Å²) in [5, 5.41) is -0.228. The highest BCUT2D eigenvalue weighted by atomic mass is 35.5. The second-order valence-electron chi connectivity index (χ2n) is 5.31. The molecule has 0 radical (unpaired) electrons. The van der Waals surface area contributed by atoms with Crippen molar-refractivity contribution in [3.8, 4) is 5.75 Å². The average molecular weight is 438 g/mol. The van der Waals surface area contributed by atoms with E-state index in [1.807, 2.05) is 13.8 Å². The average Bonchev–Trinajstić information content (AvgIpc) is 2.77. The van der Waals surface area contributed by atoms with E-state index in [9.17, 15) is 26.4 Å². The standard InChI is InChI=1S/C16H13ClF3NO4S.C2H6/c1-26(23,24)21-15(22)10-4-2-6-12(8-10)25-14-7-3-5-11(9-13(14)17)16(18,19)20;1-2/h2-6,8-9H,7H2,1H3,(H,21,22);1-2H3. The highest BCUT2D eigenvalue weighted by molar-refractivity contribution is 7.89. The van der Waals surface area contributed by atoms with Crippen molar-refractivity contribution >= 4 is 27.5 Å². The van der Waals surface area contributed by atoms with E-state index in [-0.39, 0.29) is 28.5 Å². The summed E-state index contributed by atoms with van der Waals surface area (Å²) in [6, 6.07) is 5.50. The molecule has 0 fully saturated rings. The molecule has 154 valence electrons. The van der Waals surface area contributed by atoms with E-state index in [4.69, 9.17) is 16.3 Å². The second kappa shape index (κ2) is 9.79. The number of amides is 1. The van der Waals surface area contributed by atoms with Gasteiger partial charge in [-0.3, -0.25) is 4.79 Å². The van der Waals surface area contributed by atoms with E-state index in [0.29, 0.717) is 0 Å². The molecule has 0 bridgehead atoms. The summed E-state index contributed by atoms with van der Waals surface area (Å²) in [5.41, 5.74) is -0.914. The molecular weight excluding hydrogens is 419 g/mol. The van der Waals surface area contributed by atoms with Crippen molar-refractivity contribution in [2.45, 2.75) is 26.4 Å².